The lowest BCUT2D eigenvalue weighted by Crippen LogP contribution is -2.36. The molecule has 1 unspecified atom stereocenters. The molecule has 1 N–H and O–H groups in total. The molecule has 0 bridgehead atoms. The average molecular weight is 259 g/mol. The highest BCUT2D eigenvalue weighted by molar-refractivity contribution is 5.42. The van der Waals surface area contributed by atoms with E-state index in [1.807, 2.05) is 0 Å². The van der Waals surface area contributed by atoms with E-state index in [4.69, 9.17) is 4.74 Å². The van der Waals surface area contributed by atoms with Gasteiger partial charge in [0.25, 0.3) is 0 Å². The zero-order chi connectivity index (χ0) is 13.5. The van der Waals surface area contributed by atoms with E-state index in [-0.39, 0.29) is 0 Å². The van der Waals surface area contributed by atoms with Crippen molar-refractivity contribution >= 4 is 0 Å². The summed E-state index contributed by atoms with van der Waals surface area (Å²) in [5.74, 6) is 0.664. The van der Waals surface area contributed by atoms with Gasteiger partial charge in [-0.2, -0.15) is 0 Å². The molecule has 1 spiro atoms. The van der Waals surface area contributed by atoms with Crippen molar-refractivity contribution < 1.29 is 4.74 Å². The van der Waals surface area contributed by atoms with Crippen molar-refractivity contribution in [1.29, 1.82) is 0 Å². The third-order valence-electron chi connectivity index (χ3n) is 5.14. The van der Waals surface area contributed by atoms with E-state index < -0.39 is 0 Å². The molecule has 19 heavy (non-hydrogen) atoms. The van der Waals surface area contributed by atoms with Crippen molar-refractivity contribution in [3.63, 3.8) is 0 Å². The molecule has 0 aromatic heterocycles. The van der Waals surface area contributed by atoms with Gasteiger partial charge in [-0.1, -0.05) is 17.7 Å². The van der Waals surface area contributed by atoms with Gasteiger partial charge in [0, 0.05) is 32.2 Å². The second-order valence-corrected chi connectivity index (χ2v) is 6.47. The van der Waals surface area contributed by atoms with E-state index in [0.29, 0.717) is 11.3 Å². The van der Waals surface area contributed by atoms with Gasteiger partial charge in [-0.05, 0) is 55.7 Å². The second kappa shape index (κ2) is 4.92. The van der Waals surface area contributed by atoms with Crippen LogP contribution in [-0.4, -0.2) is 26.3 Å². The molecule has 0 radical (unpaired) electrons. The van der Waals surface area contributed by atoms with Gasteiger partial charge in [-0.25, -0.2) is 0 Å². The fourth-order valence-corrected chi connectivity index (χ4v) is 4.26. The molecule has 2 saturated heterocycles. The number of benzene rings is 1. The Bertz CT molecular complexity index is 451. The van der Waals surface area contributed by atoms with Crippen molar-refractivity contribution in [3.05, 3.63) is 34.4 Å². The van der Waals surface area contributed by atoms with E-state index in [0.717, 1.165) is 26.3 Å². The van der Waals surface area contributed by atoms with Crippen LogP contribution in [-0.2, 0) is 4.74 Å². The number of hydrogen-bond acceptors (Lipinski definition) is 2. The van der Waals surface area contributed by atoms with Crippen LogP contribution in [0.1, 0.15) is 41.0 Å². The molecule has 1 aromatic carbocycles. The molecule has 1 aromatic rings. The van der Waals surface area contributed by atoms with E-state index in [1.165, 1.54) is 29.5 Å². The number of rotatable bonds is 1. The lowest BCUT2D eigenvalue weighted by Gasteiger charge is -2.39. The highest BCUT2D eigenvalue weighted by Crippen LogP contribution is 2.48. The van der Waals surface area contributed by atoms with E-state index >= 15 is 0 Å². The first-order valence-electron chi connectivity index (χ1n) is 7.49. The van der Waals surface area contributed by atoms with Crippen LogP contribution in [0.5, 0.6) is 0 Å². The van der Waals surface area contributed by atoms with Gasteiger partial charge < -0.3 is 10.1 Å². The fraction of sp³-hybridized carbons (Fsp3) is 0.647. The number of hydrogen-bond donors (Lipinski definition) is 1. The maximum atomic E-state index is 5.59. The van der Waals surface area contributed by atoms with Crippen molar-refractivity contribution in [1.82, 2.24) is 5.32 Å². The summed E-state index contributed by atoms with van der Waals surface area (Å²) >= 11 is 0. The van der Waals surface area contributed by atoms with E-state index in [9.17, 15) is 0 Å². The lowest BCUT2D eigenvalue weighted by atomic mass is 9.68. The minimum Gasteiger partial charge on any atom is -0.381 e. The lowest BCUT2D eigenvalue weighted by molar-refractivity contribution is 0.0163. The SMILES string of the molecule is Cc1cc(C)c(C2CNCC23CCOCC3)c(C)c1. The predicted molar refractivity (Wildman–Crippen MR) is 78.7 cm³/mol. The van der Waals surface area contributed by atoms with E-state index in [2.05, 4.69) is 38.2 Å². The molecule has 104 valence electrons. The Balaban J connectivity index is 2.01. The molecule has 0 aliphatic carbocycles. The Labute approximate surface area is 116 Å². The fourth-order valence-electron chi connectivity index (χ4n) is 4.26. The van der Waals surface area contributed by atoms with Crippen molar-refractivity contribution in [3.8, 4) is 0 Å². The Kier molecular flexibility index (Phi) is 3.40. The molecule has 3 rings (SSSR count). The first-order valence-corrected chi connectivity index (χ1v) is 7.49. The smallest absolute Gasteiger partial charge is 0.0472 e. The summed E-state index contributed by atoms with van der Waals surface area (Å²) in [4.78, 5) is 0. The van der Waals surface area contributed by atoms with Crippen LogP contribution in [0.2, 0.25) is 0 Å². The predicted octanol–water partition coefficient (Wildman–Crippen LogP) is 3.10. The molecule has 2 heterocycles. The van der Waals surface area contributed by atoms with Gasteiger partial charge in [0.05, 0.1) is 0 Å². The van der Waals surface area contributed by atoms with Crippen LogP contribution in [0.25, 0.3) is 0 Å². The van der Waals surface area contributed by atoms with Gasteiger partial charge in [-0.3, -0.25) is 0 Å². The number of ether oxygens (including phenoxy) is 1. The number of nitrogens with one attached hydrogen (secondary N) is 1. The van der Waals surface area contributed by atoms with Crippen molar-refractivity contribution in [2.45, 2.75) is 39.5 Å². The molecule has 2 nitrogen and oxygen atoms in total. The van der Waals surface area contributed by atoms with Crippen molar-refractivity contribution in [2.24, 2.45) is 5.41 Å². The number of aryl methyl sites for hydroxylation is 3. The largest absolute Gasteiger partial charge is 0.381 e. The summed E-state index contributed by atoms with van der Waals surface area (Å²) in [6.45, 7) is 10.9. The summed E-state index contributed by atoms with van der Waals surface area (Å²) < 4.78 is 5.59. The van der Waals surface area contributed by atoms with Gasteiger partial charge in [0.15, 0.2) is 0 Å². The summed E-state index contributed by atoms with van der Waals surface area (Å²) in [7, 11) is 0. The quantitative estimate of drug-likeness (QED) is 0.837. The molecule has 2 fully saturated rings. The highest BCUT2D eigenvalue weighted by atomic mass is 16.5. The summed E-state index contributed by atoms with van der Waals surface area (Å²) in [5, 5.41) is 3.64. The Morgan fingerprint density at radius 1 is 1.11 bits per heavy atom. The Hall–Kier alpha value is -0.860. The maximum absolute atomic E-state index is 5.59. The second-order valence-electron chi connectivity index (χ2n) is 6.47. The standard InChI is InChI=1S/C17H25NO/c1-12-8-13(2)16(14(3)9-12)15-10-18-11-17(15)4-6-19-7-5-17/h8-9,15,18H,4-7,10-11H2,1-3H3. The molecule has 0 saturated carbocycles. The van der Waals surface area contributed by atoms with E-state index in [1.54, 1.807) is 5.56 Å². The van der Waals surface area contributed by atoms with Crippen LogP contribution >= 0.6 is 0 Å². The van der Waals surface area contributed by atoms with Gasteiger partial charge in [0.2, 0.25) is 0 Å². The van der Waals surface area contributed by atoms with Crippen molar-refractivity contribution in [2.75, 3.05) is 26.3 Å². The minimum absolute atomic E-state index is 0.434. The third kappa shape index (κ3) is 2.21. The zero-order valence-electron chi connectivity index (χ0n) is 12.4. The monoisotopic (exact) mass is 259 g/mol. The molecule has 2 aliphatic rings. The van der Waals surface area contributed by atoms with Crippen LogP contribution < -0.4 is 5.32 Å². The highest BCUT2D eigenvalue weighted by Gasteiger charge is 2.45. The molecule has 1 atom stereocenters. The zero-order valence-corrected chi connectivity index (χ0v) is 12.4. The van der Waals surface area contributed by atoms with Gasteiger partial charge in [-0.15, -0.1) is 0 Å². The normalized spacial score (nSPS) is 25.9. The third-order valence-corrected chi connectivity index (χ3v) is 5.14. The minimum atomic E-state index is 0.434. The molecule has 0 amide bonds. The molecular formula is C17H25NO. The average Bonchev–Trinajstić information content (AvgIpc) is 2.72. The molecule has 2 heteroatoms. The first kappa shape index (κ1) is 13.1. The summed E-state index contributed by atoms with van der Waals surface area (Å²) in [5.41, 5.74) is 6.35. The van der Waals surface area contributed by atoms with Crippen LogP contribution in [0.3, 0.4) is 0 Å². The topological polar surface area (TPSA) is 21.3 Å². The maximum Gasteiger partial charge on any atom is 0.0472 e. The van der Waals surface area contributed by atoms with Crippen LogP contribution in [0.4, 0.5) is 0 Å². The summed E-state index contributed by atoms with van der Waals surface area (Å²) in [6.07, 6.45) is 2.41. The van der Waals surface area contributed by atoms with Gasteiger partial charge >= 0.3 is 0 Å². The Morgan fingerprint density at radius 3 is 2.37 bits per heavy atom. The Morgan fingerprint density at radius 2 is 1.74 bits per heavy atom. The van der Waals surface area contributed by atoms with Crippen LogP contribution in [0.15, 0.2) is 12.1 Å². The molecule has 2 aliphatic heterocycles. The first-order chi connectivity index (χ1) is 9.12. The van der Waals surface area contributed by atoms with Gasteiger partial charge in [0.1, 0.15) is 0 Å². The molecular weight excluding hydrogens is 234 g/mol. The van der Waals surface area contributed by atoms with Crippen LogP contribution in [0, 0.1) is 26.2 Å². The summed E-state index contributed by atoms with van der Waals surface area (Å²) in [6, 6.07) is 4.68.